The van der Waals surface area contributed by atoms with Crippen LogP contribution in [0.4, 0.5) is 5.69 Å². The summed E-state index contributed by atoms with van der Waals surface area (Å²) in [6, 6.07) is 22.2. The lowest BCUT2D eigenvalue weighted by atomic mass is 9.95. The maximum absolute atomic E-state index is 14.0. The fourth-order valence-electron chi connectivity index (χ4n) is 5.06. The van der Waals surface area contributed by atoms with Crippen molar-refractivity contribution in [1.82, 2.24) is 10.2 Å². The third-order valence-corrected chi connectivity index (χ3v) is 9.49. The molecule has 3 aromatic carbocycles. The Bertz CT molecular complexity index is 1400. The van der Waals surface area contributed by atoms with E-state index in [9.17, 15) is 18.0 Å². The normalized spacial score (nSPS) is 14.8. The maximum atomic E-state index is 14.0. The molecule has 40 heavy (non-hydrogen) atoms. The molecular weight excluding hydrogens is 522 g/mol. The van der Waals surface area contributed by atoms with Gasteiger partial charge in [-0.2, -0.15) is 0 Å². The Hall–Kier alpha value is -3.65. The number of amides is 2. The van der Waals surface area contributed by atoms with Crippen LogP contribution in [0.3, 0.4) is 0 Å². The Labute approximate surface area is 238 Å². The fraction of sp³-hybridized carbons (Fsp3) is 0.375. The number of benzene rings is 3. The Kier molecular flexibility index (Phi) is 9.63. The summed E-state index contributed by atoms with van der Waals surface area (Å²) in [5, 5.41) is 3.13. The molecule has 1 saturated carbocycles. The second kappa shape index (κ2) is 13.1. The van der Waals surface area contributed by atoms with E-state index in [-0.39, 0.29) is 23.4 Å². The molecular formula is C32H39N3O4S. The van der Waals surface area contributed by atoms with Gasteiger partial charge in [0.05, 0.1) is 10.6 Å². The van der Waals surface area contributed by atoms with Crippen LogP contribution in [0.2, 0.25) is 0 Å². The average molecular weight is 562 g/mol. The molecule has 3 aromatic rings. The van der Waals surface area contributed by atoms with Crippen LogP contribution in [0, 0.1) is 13.8 Å². The quantitative estimate of drug-likeness (QED) is 0.361. The molecule has 0 heterocycles. The number of aryl methyl sites for hydroxylation is 2. The monoisotopic (exact) mass is 561 g/mol. The Balaban J connectivity index is 1.67. The fourth-order valence-corrected chi connectivity index (χ4v) is 6.49. The highest BCUT2D eigenvalue weighted by molar-refractivity contribution is 7.92. The zero-order chi connectivity index (χ0) is 28.7. The van der Waals surface area contributed by atoms with Crippen molar-refractivity contribution in [2.75, 3.05) is 10.8 Å². The molecule has 212 valence electrons. The molecule has 8 heteroatoms. The van der Waals surface area contributed by atoms with Crippen molar-refractivity contribution in [3.05, 3.63) is 95.6 Å². The summed E-state index contributed by atoms with van der Waals surface area (Å²) in [5.41, 5.74) is 3.20. The van der Waals surface area contributed by atoms with Crippen LogP contribution >= 0.6 is 0 Å². The van der Waals surface area contributed by atoms with E-state index < -0.39 is 28.5 Å². The largest absolute Gasteiger partial charge is 0.352 e. The topological polar surface area (TPSA) is 86.8 Å². The van der Waals surface area contributed by atoms with Gasteiger partial charge in [0.2, 0.25) is 11.8 Å². The summed E-state index contributed by atoms with van der Waals surface area (Å²) in [7, 11) is -4.07. The molecule has 0 unspecified atom stereocenters. The van der Waals surface area contributed by atoms with Crippen LogP contribution in [0.1, 0.15) is 55.7 Å². The smallest absolute Gasteiger partial charge is 0.264 e. The van der Waals surface area contributed by atoms with Gasteiger partial charge in [0, 0.05) is 12.6 Å². The second-order valence-corrected chi connectivity index (χ2v) is 12.5. The van der Waals surface area contributed by atoms with E-state index in [0.29, 0.717) is 5.69 Å². The van der Waals surface area contributed by atoms with Crippen molar-refractivity contribution in [2.45, 2.75) is 76.4 Å². The van der Waals surface area contributed by atoms with Gasteiger partial charge in [-0.1, -0.05) is 73.9 Å². The second-order valence-electron chi connectivity index (χ2n) is 10.6. The molecule has 0 spiro atoms. The van der Waals surface area contributed by atoms with Crippen molar-refractivity contribution >= 4 is 27.5 Å². The lowest BCUT2D eigenvalue weighted by molar-refractivity contribution is -0.139. The Morgan fingerprint density at radius 2 is 1.50 bits per heavy atom. The molecule has 1 N–H and O–H groups in total. The average Bonchev–Trinajstić information content (AvgIpc) is 2.97. The van der Waals surface area contributed by atoms with Crippen molar-refractivity contribution in [3.63, 3.8) is 0 Å². The highest BCUT2D eigenvalue weighted by atomic mass is 32.2. The highest BCUT2D eigenvalue weighted by Crippen LogP contribution is 2.26. The molecule has 2 amide bonds. The van der Waals surface area contributed by atoms with Crippen molar-refractivity contribution in [2.24, 2.45) is 0 Å². The van der Waals surface area contributed by atoms with Crippen molar-refractivity contribution < 1.29 is 18.0 Å². The zero-order valence-electron chi connectivity index (χ0n) is 23.5. The number of carbonyl (C=O) groups is 2. The van der Waals surface area contributed by atoms with Gasteiger partial charge < -0.3 is 10.2 Å². The molecule has 1 atom stereocenters. The van der Waals surface area contributed by atoms with Gasteiger partial charge in [-0.3, -0.25) is 13.9 Å². The van der Waals surface area contributed by atoms with Gasteiger partial charge in [0.15, 0.2) is 0 Å². The number of rotatable bonds is 10. The molecule has 7 nitrogen and oxygen atoms in total. The third kappa shape index (κ3) is 7.10. The summed E-state index contributed by atoms with van der Waals surface area (Å²) >= 11 is 0. The predicted molar refractivity (Wildman–Crippen MR) is 158 cm³/mol. The van der Waals surface area contributed by atoms with Crippen LogP contribution in [0.5, 0.6) is 0 Å². The lowest BCUT2D eigenvalue weighted by Gasteiger charge is -2.33. The van der Waals surface area contributed by atoms with Gasteiger partial charge >= 0.3 is 0 Å². The van der Waals surface area contributed by atoms with Crippen molar-refractivity contribution in [3.8, 4) is 0 Å². The Morgan fingerprint density at radius 1 is 0.875 bits per heavy atom. The number of nitrogens with zero attached hydrogens (tertiary/aromatic N) is 2. The minimum absolute atomic E-state index is 0.0960. The zero-order valence-corrected chi connectivity index (χ0v) is 24.4. The number of sulfonamides is 1. The van der Waals surface area contributed by atoms with Gasteiger partial charge in [0.1, 0.15) is 12.6 Å². The first-order valence-electron chi connectivity index (χ1n) is 14.0. The van der Waals surface area contributed by atoms with Crippen LogP contribution in [-0.4, -0.2) is 43.8 Å². The molecule has 1 aliphatic rings. The number of hydrogen-bond donors (Lipinski definition) is 1. The molecule has 0 saturated heterocycles. The van der Waals surface area contributed by atoms with Crippen LogP contribution in [0.25, 0.3) is 0 Å². The van der Waals surface area contributed by atoms with Gasteiger partial charge in [-0.05, 0) is 74.6 Å². The Morgan fingerprint density at radius 3 is 2.12 bits per heavy atom. The van der Waals surface area contributed by atoms with Crippen LogP contribution in [0.15, 0.2) is 83.8 Å². The lowest BCUT2D eigenvalue weighted by Crippen LogP contribution is -2.53. The van der Waals surface area contributed by atoms with Crippen LogP contribution in [-0.2, 0) is 26.2 Å². The molecule has 0 bridgehead atoms. The summed E-state index contributed by atoms with van der Waals surface area (Å²) in [6.07, 6.45) is 5.19. The SMILES string of the molecule is Cc1ccc(N(CC(=O)N(Cc2ccccc2)[C@H](C)C(=O)NC2CCCCC2)S(=O)(=O)c2ccccc2)cc1C. The molecule has 4 rings (SSSR count). The molecule has 0 radical (unpaired) electrons. The predicted octanol–water partition coefficient (Wildman–Crippen LogP) is 5.36. The molecule has 1 aliphatic carbocycles. The van der Waals surface area contributed by atoms with Crippen molar-refractivity contribution in [1.29, 1.82) is 0 Å². The van der Waals surface area contributed by atoms with E-state index >= 15 is 0 Å². The van der Waals surface area contributed by atoms with E-state index in [0.717, 1.165) is 46.7 Å². The van der Waals surface area contributed by atoms with Gasteiger partial charge in [-0.15, -0.1) is 0 Å². The third-order valence-electron chi connectivity index (χ3n) is 7.70. The first-order chi connectivity index (χ1) is 19.2. The van der Waals surface area contributed by atoms with Gasteiger partial charge in [0.25, 0.3) is 10.0 Å². The van der Waals surface area contributed by atoms with Crippen LogP contribution < -0.4 is 9.62 Å². The summed E-state index contributed by atoms with van der Waals surface area (Å²) in [5.74, 6) is -0.673. The molecule has 1 fully saturated rings. The minimum Gasteiger partial charge on any atom is -0.352 e. The van der Waals surface area contributed by atoms with E-state index in [1.54, 1.807) is 37.3 Å². The number of nitrogens with one attached hydrogen (secondary N) is 1. The molecule has 0 aliphatic heterocycles. The maximum Gasteiger partial charge on any atom is 0.264 e. The van der Waals surface area contributed by atoms with E-state index in [1.807, 2.05) is 50.2 Å². The summed E-state index contributed by atoms with van der Waals surface area (Å²) < 4.78 is 28.9. The van der Waals surface area contributed by atoms with E-state index in [4.69, 9.17) is 0 Å². The first-order valence-corrected chi connectivity index (χ1v) is 15.4. The summed E-state index contributed by atoms with van der Waals surface area (Å²) in [6.45, 7) is 5.33. The number of hydrogen-bond acceptors (Lipinski definition) is 4. The van der Waals surface area contributed by atoms with E-state index in [1.165, 1.54) is 23.5 Å². The summed E-state index contributed by atoms with van der Waals surface area (Å²) in [4.78, 5) is 29.0. The minimum atomic E-state index is -4.07. The standard InChI is InChI=1S/C32H39N3O4S/c1-24-19-20-29(21-25(24)2)35(40(38,39)30-17-11-6-12-18-30)23-31(36)34(22-27-13-7-4-8-14-27)26(3)32(37)33-28-15-9-5-10-16-28/h4,6-8,11-14,17-21,26,28H,5,9-10,15-16,22-23H2,1-3H3,(H,33,37)/t26-/m1/s1. The molecule has 0 aromatic heterocycles. The van der Waals surface area contributed by atoms with E-state index in [2.05, 4.69) is 5.32 Å². The number of anilines is 1. The first kappa shape index (κ1) is 29.3. The van der Waals surface area contributed by atoms with Gasteiger partial charge in [-0.25, -0.2) is 8.42 Å². The highest BCUT2D eigenvalue weighted by Gasteiger charge is 2.33. The number of carbonyl (C=O) groups excluding carboxylic acids is 2.